The topological polar surface area (TPSA) is 93.8 Å². The molecule has 1 aromatic carbocycles. The number of carbonyl (C=O) groups excluding carboxylic acids is 1. The number of alkyl halides is 3. The van der Waals surface area contributed by atoms with E-state index in [2.05, 4.69) is 20.3 Å². The van der Waals surface area contributed by atoms with Gasteiger partial charge in [-0.05, 0) is 30.3 Å². The van der Waals surface area contributed by atoms with Crippen LogP contribution in [-0.2, 0) is 6.18 Å². The van der Waals surface area contributed by atoms with Crippen LogP contribution in [0.15, 0.2) is 54.9 Å². The minimum atomic E-state index is -4.49. The van der Waals surface area contributed by atoms with Gasteiger partial charge in [-0.2, -0.15) is 13.2 Å². The summed E-state index contributed by atoms with van der Waals surface area (Å²) in [5.74, 6) is -0.533. The van der Waals surface area contributed by atoms with E-state index in [-0.39, 0.29) is 17.3 Å². The molecule has 0 saturated carbocycles. The van der Waals surface area contributed by atoms with Gasteiger partial charge in [-0.25, -0.2) is 15.0 Å². The number of carbonyl (C=O) groups is 1. The molecule has 2 heterocycles. The van der Waals surface area contributed by atoms with E-state index < -0.39 is 17.6 Å². The van der Waals surface area contributed by atoms with Crippen LogP contribution in [0, 0.1) is 0 Å². The van der Waals surface area contributed by atoms with Crippen molar-refractivity contribution in [1.29, 1.82) is 0 Å². The lowest BCUT2D eigenvalue weighted by atomic mass is 10.2. The van der Waals surface area contributed by atoms with Crippen LogP contribution in [0.5, 0.6) is 0 Å². The van der Waals surface area contributed by atoms with Crippen LogP contribution in [0.2, 0.25) is 0 Å². The standard InChI is InChI=1S/C17H12F3N5O/c18-17(19,20)11-3-1-4-12(7-11)24-15(26)14-6-2-5-13(25-14)10-8-22-16(21)23-9-10/h1-9H,(H,24,26)(H2,21,22,23). The number of nitrogens with one attached hydrogen (secondary N) is 1. The molecule has 2 aromatic heterocycles. The van der Waals surface area contributed by atoms with Gasteiger partial charge in [0, 0.05) is 23.6 Å². The molecule has 9 heteroatoms. The Morgan fingerprint density at radius 2 is 1.73 bits per heavy atom. The highest BCUT2D eigenvalue weighted by atomic mass is 19.4. The summed E-state index contributed by atoms with van der Waals surface area (Å²) >= 11 is 0. The van der Waals surface area contributed by atoms with Gasteiger partial charge in [0.25, 0.3) is 5.91 Å². The molecule has 6 nitrogen and oxygen atoms in total. The third-order valence-corrected chi connectivity index (χ3v) is 3.40. The summed E-state index contributed by atoms with van der Waals surface area (Å²) < 4.78 is 38.3. The molecule has 0 saturated heterocycles. The Balaban J connectivity index is 1.83. The Bertz CT molecular complexity index is 942. The molecule has 0 aliphatic rings. The number of nitrogens with two attached hydrogens (primary N) is 1. The van der Waals surface area contributed by atoms with E-state index in [0.29, 0.717) is 11.3 Å². The number of hydrogen-bond donors (Lipinski definition) is 2. The van der Waals surface area contributed by atoms with Crippen LogP contribution < -0.4 is 11.1 Å². The predicted molar refractivity (Wildman–Crippen MR) is 89.1 cm³/mol. The van der Waals surface area contributed by atoms with Crippen molar-refractivity contribution in [2.24, 2.45) is 0 Å². The van der Waals surface area contributed by atoms with Gasteiger partial charge in [0.15, 0.2) is 0 Å². The van der Waals surface area contributed by atoms with Crippen molar-refractivity contribution < 1.29 is 18.0 Å². The van der Waals surface area contributed by atoms with Crippen LogP contribution in [0.1, 0.15) is 16.1 Å². The zero-order chi connectivity index (χ0) is 18.7. The Morgan fingerprint density at radius 3 is 2.42 bits per heavy atom. The molecule has 0 atom stereocenters. The fourth-order valence-corrected chi connectivity index (χ4v) is 2.16. The van der Waals surface area contributed by atoms with E-state index in [0.717, 1.165) is 12.1 Å². The molecular weight excluding hydrogens is 347 g/mol. The highest BCUT2D eigenvalue weighted by Gasteiger charge is 2.30. The van der Waals surface area contributed by atoms with Gasteiger partial charge in [-0.15, -0.1) is 0 Å². The predicted octanol–water partition coefficient (Wildman–Crippen LogP) is 3.39. The third kappa shape index (κ3) is 3.94. The molecule has 0 unspecified atom stereocenters. The monoisotopic (exact) mass is 359 g/mol. The van der Waals surface area contributed by atoms with Gasteiger partial charge in [-0.1, -0.05) is 12.1 Å². The van der Waals surface area contributed by atoms with Crippen LogP contribution in [-0.4, -0.2) is 20.9 Å². The number of nitrogens with zero attached hydrogens (tertiary/aromatic N) is 3. The minimum absolute atomic E-state index is 0.0212. The van der Waals surface area contributed by atoms with E-state index >= 15 is 0 Å². The number of benzene rings is 1. The van der Waals surface area contributed by atoms with Crippen LogP contribution >= 0.6 is 0 Å². The fraction of sp³-hybridized carbons (Fsp3) is 0.0588. The van der Waals surface area contributed by atoms with Crippen molar-refractivity contribution in [3.8, 4) is 11.3 Å². The number of nitrogen functional groups attached to an aromatic ring is 1. The number of amides is 1. The molecule has 3 rings (SSSR count). The fourth-order valence-electron chi connectivity index (χ4n) is 2.16. The van der Waals surface area contributed by atoms with E-state index in [1.807, 2.05) is 0 Å². The average molecular weight is 359 g/mol. The molecule has 0 fully saturated rings. The molecule has 132 valence electrons. The van der Waals surface area contributed by atoms with Crippen molar-refractivity contribution in [3.05, 3.63) is 66.1 Å². The second-order valence-corrected chi connectivity index (χ2v) is 5.27. The van der Waals surface area contributed by atoms with Crippen LogP contribution in [0.4, 0.5) is 24.8 Å². The third-order valence-electron chi connectivity index (χ3n) is 3.40. The van der Waals surface area contributed by atoms with Crippen LogP contribution in [0.3, 0.4) is 0 Å². The molecule has 0 aliphatic carbocycles. The maximum absolute atomic E-state index is 12.8. The number of aromatic nitrogens is 3. The number of halogens is 3. The molecule has 0 bridgehead atoms. The van der Waals surface area contributed by atoms with Crippen molar-refractivity contribution in [2.45, 2.75) is 6.18 Å². The molecule has 3 N–H and O–H groups in total. The first kappa shape index (κ1) is 17.3. The van der Waals surface area contributed by atoms with Crippen molar-refractivity contribution in [1.82, 2.24) is 15.0 Å². The summed E-state index contributed by atoms with van der Waals surface area (Å²) in [6, 6.07) is 9.06. The summed E-state index contributed by atoms with van der Waals surface area (Å²) in [6.45, 7) is 0. The molecule has 3 aromatic rings. The van der Waals surface area contributed by atoms with Gasteiger partial charge in [0.2, 0.25) is 5.95 Å². The Labute approximate surface area is 145 Å². The highest BCUT2D eigenvalue weighted by Crippen LogP contribution is 2.30. The summed E-state index contributed by atoms with van der Waals surface area (Å²) in [4.78, 5) is 24.2. The minimum Gasteiger partial charge on any atom is -0.368 e. The number of anilines is 2. The number of hydrogen-bond acceptors (Lipinski definition) is 5. The first-order chi connectivity index (χ1) is 12.3. The maximum Gasteiger partial charge on any atom is 0.416 e. The lowest BCUT2D eigenvalue weighted by Crippen LogP contribution is -2.15. The first-order valence-corrected chi connectivity index (χ1v) is 7.36. The van der Waals surface area contributed by atoms with E-state index in [9.17, 15) is 18.0 Å². The largest absolute Gasteiger partial charge is 0.416 e. The molecular formula is C17H12F3N5O. The second kappa shape index (κ2) is 6.79. The van der Waals surface area contributed by atoms with Crippen molar-refractivity contribution in [2.75, 3.05) is 11.1 Å². The molecule has 1 amide bonds. The Kier molecular flexibility index (Phi) is 4.53. The van der Waals surface area contributed by atoms with Gasteiger partial charge >= 0.3 is 6.18 Å². The Morgan fingerprint density at radius 1 is 1.04 bits per heavy atom. The average Bonchev–Trinajstić information content (AvgIpc) is 2.62. The normalized spacial score (nSPS) is 11.2. The first-order valence-electron chi connectivity index (χ1n) is 7.36. The second-order valence-electron chi connectivity index (χ2n) is 5.27. The molecule has 0 radical (unpaired) electrons. The SMILES string of the molecule is Nc1ncc(-c2cccc(C(=O)Nc3cccc(C(F)(F)F)c3)n2)cn1. The highest BCUT2D eigenvalue weighted by molar-refractivity contribution is 6.03. The lowest BCUT2D eigenvalue weighted by molar-refractivity contribution is -0.137. The number of rotatable bonds is 3. The van der Waals surface area contributed by atoms with Crippen molar-refractivity contribution in [3.63, 3.8) is 0 Å². The summed E-state index contributed by atoms with van der Waals surface area (Å²) in [5.41, 5.74) is 5.61. The van der Waals surface area contributed by atoms with E-state index in [4.69, 9.17) is 5.73 Å². The van der Waals surface area contributed by atoms with E-state index in [1.165, 1.54) is 30.6 Å². The quantitative estimate of drug-likeness (QED) is 0.748. The van der Waals surface area contributed by atoms with Gasteiger partial charge < -0.3 is 11.1 Å². The Hall–Kier alpha value is -3.49. The van der Waals surface area contributed by atoms with Gasteiger partial charge in [0.05, 0.1) is 11.3 Å². The lowest BCUT2D eigenvalue weighted by Gasteiger charge is -2.10. The summed E-state index contributed by atoms with van der Waals surface area (Å²) in [6.07, 6.45) is -1.58. The molecule has 26 heavy (non-hydrogen) atoms. The van der Waals surface area contributed by atoms with Crippen molar-refractivity contribution >= 4 is 17.5 Å². The van der Waals surface area contributed by atoms with Gasteiger partial charge in [0.1, 0.15) is 5.69 Å². The number of pyridine rings is 1. The maximum atomic E-state index is 12.8. The molecule has 0 spiro atoms. The zero-order valence-electron chi connectivity index (χ0n) is 13.2. The smallest absolute Gasteiger partial charge is 0.368 e. The van der Waals surface area contributed by atoms with Crippen LogP contribution in [0.25, 0.3) is 11.3 Å². The summed E-state index contributed by atoms with van der Waals surface area (Å²) in [5, 5.41) is 2.41. The molecule has 0 aliphatic heterocycles. The summed E-state index contributed by atoms with van der Waals surface area (Å²) in [7, 11) is 0. The zero-order valence-corrected chi connectivity index (χ0v) is 13.2. The van der Waals surface area contributed by atoms with Gasteiger partial charge in [-0.3, -0.25) is 4.79 Å². The van der Waals surface area contributed by atoms with E-state index in [1.54, 1.807) is 12.1 Å².